The molecule has 0 spiro atoms. The van der Waals surface area contributed by atoms with Crippen molar-refractivity contribution in [1.82, 2.24) is 4.90 Å². The van der Waals surface area contributed by atoms with E-state index in [0.717, 1.165) is 19.4 Å². The van der Waals surface area contributed by atoms with Gasteiger partial charge in [-0.15, -0.1) is 0 Å². The van der Waals surface area contributed by atoms with Crippen molar-refractivity contribution in [1.29, 1.82) is 0 Å². The lowest BCUT2D eigenvalue weighted by Gasteiger charge is -2.18. The Bertz CT molecular complexity index is 161. The average Bonchev–Trinajstić information content (AvgIpc) is 2.43. The highest BCUT2D eigenvalue weighted by Crippen LogP contribution is 2.11. The second kappa shape index (κ2) is 4.30. The summed E-state index contributed by atoms with van der Waals surface area (Å²) < 4.78 is 4.87. The molecule has 1 aliphatic rings. The van der Waals surface area contributed by atoms with Crippen LogP contribution in [-0.4, -0.2) is 36.7 Å². The van der Waals surface area contributed by atoms with Crippen molar-refractivity contribution < 1.29 is 9.53 Å². The Morgan fingerprint density at radius 3 is 3.08 bits per heavy atom. The summed E-state index contributed by atoms with van der Waals surface area (Å²) in [5, 5.41) is 0. The van der Waals surface area contributed by atoms with Gasteiger partial charge < -0.3 is 15.4 Å². The second-order valence-corrected chi connectivity index (χ2v) is 3.01. The Balaban J connectivity index is 2.40. The summed E-state index contributed by atoms with van der Waals surface area (Å²) in [6.07, 6.45) is 1.89. The Hall–Kier alpha value is -0.770. The number of carbonyl (C=O) groups is 1. The van der Waals surface area contributed by atoms with E-state index in [2.05, 4.69) is 6.92 Å². The number of nitrogens with two attached hydrogens (primary N) is 1. The van der Waals surface area contributed by atoms with Gasteiger partial charge in [-0.05, 0) is 6.42 Å². The summed E-state index contributed by atoms with van der Waals surface area (Å²) in [6, 6.07) is 0.101. The van der Waals surface area contributed by atoms with Crippen LogP contribution in [0.3, 0.4) is 0 Å². The molecule has 2 N–H and O–H groups in total. The van der Waals surface area contributed by atoms with Gasteiger partial charge in [0.25, 0.3) is 0 Å². The zero-order chi connectivity index (χ0) is 8.97. The van der Waals surface area contributed by atoms with Gasteiger partial charge >= 0.3 is 6.09 Å². The average molecular weight is 172 g/mol. The van der Waals surface area contributed by atoms with Crippen LogP contribution < -0.4 is 5.73 Å². The predicted molar refractivity (Wildman–Crippen MR) is 45.8 cm³/mol. The van der Waals surface area contributed by atoms with E-state index in [1.54, 1.807) is 4.90 Å². The van der Waals surface area contributed by atoms with Crippen LogP contribution in [0.2, 0.25) is 0 Å². The van der Waals surface area contributed by atoms with E-state index in [1.807, 2.05) is 0 Å². The minimum absolute atomic E-state index is 0.101. The summed E-state index contributed by atoms with van der Waals surface area (Å²) in [7, 11) is 0. The number of carbonyl (C=O) groups excluding carboxylic acids is 1. The summed E-state index contributed by atoms with van der Waals surface area (Å²) in [4.78, 5) is 12.8. The van der Waals surface area contributed by atoms with Crippen LogP contribution in [0.15, 0.2) is 0 Å². The molecule has 1 heterocycles. The van der Waals surface area contributed by atoms with Crippen molar-refractivity contribution in [2.24, 2.45) is 5.73 Å². The fraction of sp³-hybridized carbons (Fsp3) is 0.875. The Kier molecular flexibility index (Phi) is 3.34. The van der Waals surface area contributed by atoms with Crippen LogP contribution in [0.25, 0.3) is 0 Å². The number of nitrogens with zero attached hydrogens (tertiary/aromatic N) is 1. The van der Waals surface area contributed by atoms with Crippen LogP contribution in [-0.2, 0) is 4.74 Å². The van der Waals surface area contributed by atoms with Gasteiger partial charge in [0.1, 0.15) is 6.61 Å². The highest BCUT2D eigenvalue weighted by Gasteiger charge is 2.30. The van der Waals surface area contributed by atoms with E-state index in [4.69, 9.17) is 10.5 Å². The van der Waals surface area contributed by atoms with E-state index in [9.17, 15) is 4.79 Å². The molecule has 12 heavy (non-hydrogen) atoms. The third kappa shape index (κ3) is 1.88. The van der Waals surface area contributed by atoms with Crippen LogP contribution >= 0.6 is 0 Å². The molecule has 0 radical (unpaired) electrons. The molecule has 0 aromatic carbocycles. The molecule has 4 heteroatoms. The van der Waals surface area contributed by atoms with Crippen LogP contribution in [0.1, 0.15) is 19.8 Å². The Labute approximate surface area is 72.7 Å². The number of cyclic esters (lactones) is 1. The Morgan fingerprint density at radius 1 is 1.75 bits per heavy atom. The fourth-order valence-corrected chi connectivity index (χ4v) is 1.29. The molecule has 4 nitrogen and oxygen atoms in total. The number of hydrogen-bond acceptors (Lipinski definition) is 3. The minimum Gasteiger partial charge on any atom is -0.447 e. The highest BCUT2D eigenvalue weighted by atomic mass is 16.6. The lowest BCUT2D eigenvalue weighted by molar-refractivity contribution is 0.157. The van der Waals surface area contributed by atoms with Gasteiger partial charge in [-0.2, -0.15) is 0 Å². The van der Waals surface area contributed by atoms with E-state index in [-0.39, 0.29) is 12.1 Å². The first-order chi connectivity index (χ1) is 5.79. The van der Waals surface area contributed by atoms with Crippen molar-refractivity contribution >= 4 is 6.09 Å². The van der Waals surface area contributed by atoms with Gasteiger partial charge in [-0.1, -0.05) is 13.3 Å². The van der Waals surface area contributed by atoms with Crippen LogP contribution in [0.4, 0.5) is 4.79 Å². The third-order valence-corrected chi connectivity index (χ3v) is 2.10. The molecule has 1 rings (SSSR count). The maximum absolute atomic E-state index is 11.1. The van der Waals surface area contributed by atoms with E-state index < -0.39 is 0 Å². The largest absolute Gasteiger partial charge is 0.447 e. The molecule has 0 aromatic rings. The van der Waals surface area contributed by atoms with Gasteiger partial charge in [0.05, 0.1) is 6.04 Å². The first kappa shape index (κ1) is 9.32. The SMILES string of the molecule is CCCCN1C(=O)OCC1CN. The van der Waals surface area contributed by atoms with Crippen molar-refractivity contribution in [3.8, 4) is 0 Å². The summed E-state index contributed by atoms with van der Waals surface area (Å²) in [6.45, 7) is 3.82. The van der Waals surface area contributed by atoms with Crippen molar-refractivity contribution in [2.75, 3.05) is 19.7 Å². The first-order valence-electron chi connectivity index (χ1n) is 4.43. The summed E-state index contributed by atoms with van der Waals surface area (Å²) in [5.74, 6) is 0. The second-order valence-electron chi connectivity index (χ2n) is 3.01. The molecule has 1 fully saturated rings. The van der Waals surface area contributed by atoms with Crippen molar-refractivity contribution in [3.05, 3.63) is 0 Å². The van der Waals surface area contributed by atoms with Gasteiger partial charge in [-0.3, -0.25) is 0 Å². The van der Waals surface area contributed by atoms with Crippen LogP contribution in [0.5, 0.6) is 0 Å². The number of rotatable bonds is 4. The number of amides is 1. The third-order valence-electron chi connectivity index (χ3n) is 2.10. The number of ether oxygens (including phenoxy) is 1. The fourth-order valence-electron chi connectivity index (χ4n) is 1.29. The highest BCUT2D eigenvalue weighted by molar-refractivity contribution is 5.70. The number of unbranched alkanes of at least 4 members (excludes halogenated alkanes) is 1. The van der Waals surface area contributed by atoms with E-state index >= 15 is 0 Å². The van der Waals surface area contributed by atoms with Crippen LogP contribution in [0, 0.1) is 0 Å². The number of hydrogen-bond donors (Lipinski definition) is 1. The van der Waals surface area contributed by atoms with Crippen molar-refractivity contribution in [2.45, 2.75) is 25.8 Å². The van der Waals surface area contributed by atoms with Crippen molar-refractivity contribution in [3.63, 3.8) is 0 Å². The molecule has 0 aromatic heterocycles. The zero-order valence-corrected chi connectivity index (χ0v) is 7.45. The van der Waals surface area contributed by atoms with E-state index in [0.29, 0.717) is 13.2 Å². The topological polar surface area (TPSA) is 55.6 Å². The lowest BCUT2D eigenvalue weighted by Crippen LogP contribution is -2.39. The van der Waals surface area contributed by atoms with E-state index in [1.165, 1.54) is 0 Å². The maximum atomic E-state index is 11.1. The van der Waals surface area contributed by atoms with Gasteiger partial charge in [0.15, 0.2) is 0 Å². The normalized spacial score (nSPS) is 23.0. The standard InChI is InChI=1S/C8H16N2O2/c1-2-3-4-10-7(5-9)6-12-8(10)11/h7H,2-6,9H2,1H3. The molecule has 70 valence electrons. The lowest BCUT2D eigenvalue weighted by atomic mass is 10.2. The monoisotopic (exact) mass is 172 g/mol. The smallest absolute Gasteiger partial charge is 0.410 e. The van der Waals surface area contributed by atoms with Gasteiger partial charge in [-0.25, -0.2) is 4.79 Å². The first-order valence-corrected chi connectivity index (χ1v) is 4.43. The molecule has 1 amide bonds. The molecule has 0 bridgehead atoms. The molecular weight excluding hydrogens is 156 g/mol. The Morgan fingerprint density at radius 2 is 2.50 bits per heavy atom. The van der Waals surface area contributed by atoms with Gasteiger partial charge in [0.2, 0.25) is 0 Å². The molecule has 1 saturated heterocycles. The molecule has 1 atom stereocenters. The molecule has 0 saturated carbocycles. The molecular formula is C8H16N2O2. The predicted octanol–water partition coefficient (Wildman–Crippen LogP) is 0.566. The maximum Gasteiger partial charge on any atom is 0.410 e. The minimum atomic E-state index is -0.209. The quantitative estimate of drug-likeness (QED) is 0.674. The van der Waals surface area contributed by atoms with Gasteiger partial charge in [0, 0.05) is 13.1 Å². The molecule has 0 aliphatic carbocycles. The molecule has 1 unspecified atom stereocenters. The molecule has 1 aliphatic heterocycles. The zero-order valence-electron chi connectivity index (χ0n) is 7.45. The summed E-state index contributed by atoms with van der Waals surface area (Å²) in [5.41, 5.74) is 5.48. The summed E-state index contributed by atoms with van der Waals surface area (Å²) >= 11 is 0.